The quantitative estimate of drug-likeness (QED) is 0.460. The van der Waals surface area contributed by atoms with Crippen molar-refractivity contribution < 1.29 is 14.7 Å². The number of carbonyl (C=O) groups is 2. The number of rotatable bonds is 6. The first-order chi connectivity index (χ1) is 8.13. The van der Waals surface area contributed by atoms with Crippen LogP contribution in [0, 0.1) is 0 Å². The van der Waals surface area contributed by atoms with E-state index in [1.165, 1.54) is 0 Å². The Kier molecular flexibility index (Phi) is 5.65. The summed E-state index contributed by atoms with van der Waals surface area (Å²) in [6.07, 6.45) is 1.71. The predicted molar refractivity (Wildman–Crippen MR) is 63.7 cm³/mol. The van der Waals surface area contributed by atoms with Gasteiger partial charge in [-0.15, -0.1) is 6.58 Å². The van der Waals surface area contributed by atoms with Crippen molar-refractivity contribution in [1.82, 2.24) is 15.1 Å². The molecule has 0 aromatic heterocycles. The van der Waals surface area contributed by atoms with E-state index in [2.05, 4.69) is 11.9 Å². The summed E-state index contributed by atoms with van der Waals surface area (Å²) in [7, 11) is 0. The summed E-state index contributed by atoms with van der Waals surface area (Å²) in [5.41, 5.74) is 0. The molecule has 0 saturated carbocycles. The number of amides is 1. The number of carboxylic acids is 1. The van der Waals surface area contributed by atoms with Gasteiger partial charge in [-0.2, -0.15) is 0 Å². The van der Waals surface area contributed by atoms with Crippen LogP contribution in [0.1, 0.15) is 0 Å². The van der Waals surface area contributed by atoms with Crippen LogP contribution in [-0.4, -0.2) is 72.6 Å². The molecule has 0 bridgehead atoms. The molecule has 0 aromatic rings. The molecule has 2 N–H and O–H groups in total. The maximum Gasteiger partial charge on any atom is 0.317 e. The molecule has 1 rings (SSSR count). The molecule has 0 spiro atoms. The molecular formula is C11H19N3O3. The van der Waals surface area contributed by atoms with Crippen molar-refractivity contribution in [2.75, 3.05) is 45.8 Å². The van der Waals surface area contributed by atoms with E-state index in [1.54, 1.807) is 11.0 Å². The minimum absolute atomic E-state index is 0.0523. The lowest BCUT2D eigenvalue weighted by molar-refractivity contribution is -0.139. The third-order valence-electron chi connectivity index (χ3n) is 2.65. The predicted octanol–water partition coefficient (Wildman–Crippen LogP) is -1.01. The van der Waals surface area contributed by atoms with Gasteiger partial charge in [0.25, 0.3) is 0 Å². The zero-order valence-electron chi connectivity index (χ0n) is 9.89. The average Bonchev–Trinajstić information content (AvgIpc) is 2.29. The molecule has 0 radical (unpaired) electrons. The third-order valence-corrected chi connectivity index (χ3v) is 2.65. The van der Waals surface area contributed by atoms with Gasteiger partial charge in [-0.05, 0) is 0 Å². The van der Waals surface area contributed by atoms with Gasteiger partial charge in [-0.25, -0.2) is 0 Å². The summed E-state index contributed by atoms with van der Waals surface area (Å²) in [5, 5.41) is 11.6. The fourth-order valence-electron chi connectivity index (χ4n) is 1.74. The molecule has 1 aliphatic heterocycles. The Balaban J connectivity index is 2.23. The molecule has 6 nitrogen and oxygen atoms in total. The van der Waals surface area contributed by atoms with Gasteiger partial charge < -0.3 is 15.3 Å². The van der Waals surface area contributed by atoms with Gasteiger partial charge in [0.05, 0.1) is 13.1 Å². The summed E-state index contributed by atoms with van der Waals surface area (Å²) in [6.45, 7) is 6.98. The smallest absolute Gasteiger partial charge is 0.317 e. The zero-order valence-corrected chi connectivity index (χ0v) is 9.89. The van der Waals surface area contributed by atoms with Crippen molar-refractivity contribution in [2.45, 2.75) is 0 Å². The lowest BCUT2D eigenvalue weighted by atomic mass is 10.3. The van der Waals surface area contributed by atoms with Crippen molar-refractivity contribution in [3.8, 4) is 0 Å². The number of piperazine rings is 1. The molecule has 1 amide bonds. The fourth-order valence-corrected chi connectivity index (χ4v) is 1.74. The average molecular weight is 241 g/mol. The summed E-state index contributed by atoms with van der Waals surface area (Å²) >= 11 is 0. The van der Waals surface area contributed by atoms with Crippen LogP contribution in [0.15, 0.2) is 12.7 Å². The van der Waals surface area contributed by atoms with Crippen LogP contribution >= 0.6 is 0 Å². The second-order valence-electron chi connectivity index (χ2n) is 3.97. The fraction of sp³-hybridized carbons (Fsp3) is 0.636. The van der Waals surface area contributed by atoms with Crippen molar-refractivity contribution in [3.05, 3.63) is 12.7 Å². The molecule has 0 atom stereocenters. The highest BCUT2D eigenvalue weighted by Gasteiger charge is 2.21. The van der Waals surface area contributed by atoms with Crippen LogP contribution in [0.5, 0.6) is 0 Å². The molecule has 17 heavy (non-hydrogen) atoms. The summed E-state index contributed by atoms with van der Waals surface area (Å²) in [5.74, 6) is -0.765. The Morgan fingerprint density at radius 2 is 1.94 bits per heavy atom. The Hall–Kier alpha value is -1.40. The van der Waals surface area contributed by atoms with E-state index >= 15 is 0 Å². The number of carboxylic acid groups (broad SMARTS) is 1. The monoisotopic (exact) mass is 241 g/mol. The highest BCUT2D eigenvalue weighted by Crippen LogP contribution is 2.01. The Labute approximate surface area is 101 Å². The molecular weight excluding hydrogens is 222 g/mol. The van der Waals surface area contributed by atoms with Gasteiger partial charge in [0.2, 0.25) is 5.91 Å². The van der Waals surface area contributed by atoms with Crippen LogP contribution in [0.25, 0.3) is 0 Å². The standard InChI is InChI=1S/C11H19N3O3/c1-2-3-12-8-10(15)14-6-4-13(5-7-14)9-11(16)17/h2,12H,1,3-9H2,(H,16,17). The molecule has 96 valence electrons. The molecule has 0 aliphatic carbocycles. The second-order valence-corrected chi connectivity index (χ2v) is 3.97. The van der Waals surface area contributed by atoms with E-state index in [-0.39, 0.29) is 12.5 Å². The minimum Gasteiger partial charge on any atom is -0.480 e. The minimum atomic E-state index is -0.822. The molecule has 0 aromatic carbocycles. The number of nitrogens with one attached hydrogen (secondary N) is 1. The van der Waals surface area contributed by atoms with Gasteiger partial charge in [0.1, 0.15) is 0 Å². The van der Waals surface area contributed by atoms with Crippen LogP contribution < -0.4 is 5.32 Å². The van der Waals surface area contributed by atoms with E-state index in [0.717, 1.165) is 0 Å². The van der Waals surface area contributed by atoms with Gasteiger partial charge >= 0.3 is 5.97 Å². The van der Waals surface area contributed by atoms with Crippen molar-refractivity contribution >= 4 is 11.9 Å². The normalized spacial score (nSPS) is 16.8. The molecule has 1 fully saturated rings. The van der Waals surface area contributed by atoms with E-state index in [1.807, 2.05) is 4.90 Å². The third kappa shape index (κ3) is 4.97. The van der Waals surface area contributed by atoms with Gasteiger partial charge in [0.15, 0.2) is 0 Å². The van der Waals surface area contributed by atoms with Crippen molar-refractivity contribution in [3.63, 3.8) is 0 Å². The molecule has 1 heterocycles. The van der Waals surface area contributed by atoms with Crippen LogP contribution in [0.4, 0.5) is 0 Å². The van der Waals surface area contributed by atoms with Crippen molar-refractivity contribution in [2.24, 2.45) is 0 Å². The maximum atomic E-state index is 11.7. The van der Waals surface area contributed by atoms with Gasteiger partial charge in [0, 0.05) is 32.7 Å². The number of hydrogen-bond donors (Lipinski definition) is 2. The SMILES string of the molecule is C=CCNCC(=O)N1CCN(CC(=O)O)CC1. The zero-order chi connectivity index (χ0) is 12.7. The Morgan fingerprint density at radius 3 is 2.47 bits per heavy atom. The maximum absolute atomic E-state index is 11.7. The Bertz CT molecular complexity index is 286. The number of nitrogens with zero attached hydrogens (tertiary/aromatic N) is 2. The van der Waals surface area contributed by atoms with Crippen LogP contribution in [0.2, 0.25) is 0 Å². The Morgan fingerprint density at radius 1 is 1.29 bits per heavy atom. The summed E-state index contributed by atoms with van der Waals surface area (Å²) in [6, 6.07) is 0. The molecule has 0 unspecified atom stereocenters. The number of hydrogen-bond acceptors (Lipinski definition) is 4. The molecule has 1 saturated heterocycles. The number of aliphatic carboxylic acids is 1. The topological polar surface area (TPSA) is 72.9 Å². The largest absolute Gasteiger partial charge is 0.480 e. The van der Waals surface area contributed by atoms with E-state index in [0.29, 0.717) is 39.3 Å². The highest BCUT2D eigenvalue weighted by atomic mass is 16.4. The molecule has 1 aliphatic rings. The highest BCUT2D eigenvalue weighted by molar-refractivity contribution is 5.78. The summed E-state index contributed by atoms with van der Waals surface area (Å²) in [4.78, 5) is 25.8. The first kappa shape index (κ1) is 13.7. The summed E-state index contributed by atoms with van der Waals surface area (Å²) < 4.78 is 0. The lowest BCUT2D eigenvalue weighted by Gasteiger charge is -2.33. The number of carbonyl (C=O) groups excluding carboxylic acids is 1. The van der Waals surface area contributed by atoms with E-state index in [9.17, 15) is 9.59 Å². The van der Waals surface area contributed by atoms with Crippen LogP contribution in [0.3, 0.4) is 0 Å². The molecule has 6 heteroatoms. The first-order valence-corrected chi connectivity index (χ1v) is 5.67. The van der Waals surface area contributed by atoms with E-state index in [4.69, 9.17) is 5.11 Å². The first-order valence-electron chi connectivity index (χ1n) is 5.67. The van der Waals surface area contributed by atoms with Crippen LogP contribution in [-0.2, 0) is 9.59 Å². The van der Waals surface area contributed by atoms with E-state index < -0.39 is 5.97 Å². The van der Waals surface area contributed by atoms with Gasteiger partial charge in [-0.3, -0.25) is 14.5 Å². The lowest BCUT2D eigenvalue weighted by Crippen LogP contribution is -2.51. The van der Waals surface area contributed by atoms with Gasteiger partial charge in [-0.1, -0.05) is 6.08 Å². The van der Waals surface area contributed by atoms with Crippen molar-refractivity contribution in [1.29, 1.82) is 0 Å². The second kappa shape index (κ2) is 7.03.